The fourth-order valence-corrected chi connectivity index (χ4v) is 2.91. The Hall–Kier alpha value is -1.02. The van der Waals surface area contributed by atoms with Gasteiger partial charge in [0.1, 0.15) is 0 Å². The second kappa shape index (κ2) is 6.42. The Morgan fingerprint density at radius 3 is 2.79 bits per heavy atom. The molecule has 1 aliphatic rings. The molecule has 2 nitrogen and oxygen atoms in total. The lowest BCUT2D eigenvalue weighted by Crippen LogP contribution is -2.34. The summed E-state index contributed by atoms with van der Waals surface area (Å²) in [6.45, 7) is 12.4. The molecule has 1 atom stereocenters. The van der Waals surface area contributed by atoms with Crippen LogP contribution in [0.2, 0.25) is 0 Å². The summed E-state index contributed by atoms with van der Waals surface area (Å²) in [4.78, 5) is 2.56. The van der Waals surface area contributed by atoms with Gasteiger partial charge in [0, 0.05) is 31.4 Å². The first-order valence-corrected chi connectivity index (χ1v) is 7.64. The molecule has 0 aliphatic carbocycles. The molecule has 0 amide bonds. The van der Waals surface area contributed by atoms with Crippen molar-refractivity contribution in [1.29, 1.82) is 0 Å². The second-order valence-electron chi connectivity index (χ2n) is 6.35. The van der Waals surface area contributed by atoms with Crippen LogP contribution in [0.15, 0.2) is 18.2 Å². The minimum atomic E-state index is 0.544. The monoisotopic (exact) mass is 260 g/mol. The summed E-state index contributed by atoms with van der Waals surface area (Å²) >= 11 is 0. The number of rotatable bonds is 4. The summed E-state index contributed by atoms with van der Waals surface area (Å²) < 4.78 is 0. The first kappa shape index (κ1) is 14.4. The highest BCUT2D eigenvalue weighted by Gasteiger charge is 2.17. The summed E-state index contributed by atoms with van der Waals surface area (Å²) in [5, 5.41) is 3.48. The van der Waals surface area contributed by atoms with Crippen LogP contribution in [0.25, 0.3) is 0 Å². The predicted octanol–water partition coefficient (Wildman–Crippen LogP) is 3.73. The van der Waals surface area contributed by atoms with Crippen molar-refractivity contribution in [2.45, 2.75) is 53.1 Å². The lowest BCUT2D eigenvalue weighted by atomic mass is 9.98. The number of nitrogens with one attached hydrogen (secondary N) is 1. The van der Waals surface area contributed by atoms with Gasteiger partial charge in [-0.05, 0) is 42.9 Å². The maximum atomic E-state index is 3.48. The lowest BCUT2D eigenvalue weighted by molar-refractivity contribution is 0.446. The van der Waals surface area contributed by atoms with Gasteiger partial charge in [-0.3, -0.25) is 0 Å². The van der Waals surface area contributed by atoms with Crippen molar-refractivity contribution in [1.82, 2.24) is 5.32 Å². The van der Waals surface area contributed by atoms with Crippen LogP contribution in [-0.2, 0) is 6.54 Å². The number of hydrogen-bond acceptors (Lipinski definition) is 2. The van der Waals surface area contributed by atoms with Crippen molar-refractivity contribution in [2.24, 2.45) is 5.92 Å². The summed E-state index contributed by atoms with van der Waals surface area (Å²) in [7, 11) is 0. The molecule has 1 heterocycles. The van der Waals surface area contributed by atoms with Crippen LogP contribution in [0.3, 0.4) is 0 Å². The van der Waals surface area contributed by atoms with Crippen molar-refractivity contribution in [3.63, 3.8) is 0 Å². The van der Waals surface area contributed by atoms with E-state index in [0.29, 0.717) is 6.04 Å². The van der Waals surface area contributed by atoms with E-state index in [4.69, 9.17) is 0 Å². The third-order valence-electron chi connectivity index (χ3n) is 3.97. The van der Waals surface area contributed by atoms with E-state index in [1.807, 2.05) is 0 Å². The van der Waals surface area contributed by atoms with E-state index < -0.39 is 0 Å². The quantitative estimate of drug-likeness (QED) is 0.887. The van der Waals surface area contributed by atoms with Crippen LogP contribution in [0, 0.1) is 12.8 Å². The minimum Gasteiger partial charge on any atom is -0.371 e. The number of aryl methyl sites for hydroxylation is 1. The topological polar surface area (TPSA) is 15.3 Å². The molecule has 1 unspecified atom stereocenters. The van der Waals surface area contributed by atoms with Crippen molar-refractivity contribution in [3.05, 3.63) is 29.3 Å². The highest BCUT2D eigenvalue weighted by atomic mass is 15.1. The smallest absolute Gasteiger partial charge is 0.0396 e. The zero-order chi connectivity index (χ0) is 13.8. The summed E-state index contributed by atoms with van der Waals surface area (Å²) in [5.41, 5.74) is 4.23. The van der Waals surface area contributed by atoms with E-state index in [0.717, 1.165) is 12.5 Å². The van der Waals surface area contributed by atoms with Gasteiger partial charge in [-0.25, -0.2) is 0 Å². The normalized spacial score (nSPS) is 20.1. The van der Waals surface area contributed by atoms with E-state index in [1.165, 1.54) is 42.7 Å². The molecular formula is C17H28N2. The van der Waals surface area contributed by atoms with Gasteiger partial charge in [-0.2, -0.15) is 0 Å². The molecule has 0 aromatic heterocycles. The number of benzene rings is 1. The van der Waals surface area contributed by atoms with Gasteiger partial charge in [0.15, 0.2) is 0 Å². The third-order valence-corrected chi connectivity index (χ3v) is 3.97. The molecule has 106 valence electrons. The Labute approximate surface area is 118 Å². The maximum absolute atomic E-state index is 3.48. The molecule has 1 fully saturated rings. The molecule has 1 aromatic carbocycles. The van der Waals surface area contributed by atoms with Crippen LogP contribution in [0.1, 0.15) is 44.7 Å². The Kier molecular flexibility index (Phi) is 4.87. The highest BCUT2D eigenvalue weighted by Crippen LogP contribution is 2.26. The molecule has 0 saturated carbocycles. The van der Waals surface area contributed by atoms with E-state index in [9.17, 15) is 0 Å². The minimum absolute atomic E-state index is 0.544. The van der Waals surface area contributed by atoms with Crippen molar-refractivity contribution >= 4 is 5.69 Å². The molecule has 1 aromatic rings. The van der Waals surface area contributed by atoms with Crippen molar-refractivity contribution < 1.29 is 0 Å². The number of nitrogens with zero attached hydrogens (tertiary/aromatic N) is 1. The van der Waals surface area contributed by atoms with E-state index >= 15 is 0 Å². The number of hydrogen-bond donors (Lipinski definition) is 1. The highest BCUT2D eigenvalue weighted by molar-refractivity contribution is 5.54. The van der Waals surface area contributed by atoms with Crippen LogP contribution < -0.4 is 10.2 Å². The maximum Gasteiger partial charge on any atom is 0.0396 e. The average Bonchev–Trinajstić information content (AvgIpc) is 2.36. The van der Waals surface area contributed by atoms with Gasteiger partial charge >= 0.3 is 0 Å². The van der Waals surface area contributed by atoms with Gasteiger partial charge in [-0.15, -0.1) is 0 Å². The molecule has 2 rings (SSSR count). The van der Waals surface area contributed by atoms with Crippen LogP contribution in [0.5, 0.6) is 0 Å². The predicted molar refractivity (Wildman–Crippen MR) is 83.8 cm³/mol. The van der Waals surface area contributed by atoms with Gasteiger partial charge in [0.25, 0.3) is 0 Å². The molecule has 0 radical (unpaired) electrons. The Morgan fingerprint density at radius 1 is 1.37 bits per heavy atom. The van der Waals surface area contributed by atoms with Gasteiger partial charge < -0.3 is 10.2 Å². The zero-order valence-electron chi connectivity index (χ0n) is 12.9. The molecular weight excluding hydrogens is 232 g/mol. The van der Waals surface area contributed by atoms with E-state index in [-0.39, 0.29) is 0 Å². The van der Waals surface area contributed by atoms with Crippen LogP contribution in [-0.4, -0.2) is 19.1 Å². The fourth-order valence-electron chi connectivity index (χ4n) is 2.91. The largest absolute Gasteiger partial charge is 0.371 e. The molecule has 1 aliphatic heterocycles. The van der Waals surface area contributed by atoms with Gasteiger partial charge in [-0.1, -0.05) is 32.9 Å². The number of anilines is 1. The van der Waals surface area contributed by atoms with E-state index in [1.54, 1.807) is 0 Å². The van der Waals surface area contributed by atoms with Crippen LogP contribution in [0.4, 0.5) is 5.69 Å². The van der Waals surface area contributed by atoms with Crippen LogP contribution >= 0.6 is 0 Å². The summed E-state index contributed by atoms with van der Waals surface area (Å²) in [6.07, 6.45) is 2.71. The average molecular weight is 260 g/mol. The van der Waals surface area contributed by atoms with Gasteiger partial charge in [0.2, 0.25) is 0 Å². The van der Waals surface area contributed by atoms with Crippen molar-refractivity contribution in [2.75, 3.05) is 18.0 Å². The van der Waals surface area contributed by atoms with Gasteiger partial charge in [0.05, 0.1) is 0 Å². The second-order valence-corrected chi connectivity index (χ2v) is 6.35. The standard InChI is InChI=1S/C17H28N2/c1-13(2)18-11-16-7-8-17(15(4)10-16)19-9-5-6-14(3)12-19/h7-8,10,13-14,18H,5-6,9,11-12H2,1-4H3. The molecule has 1 saturated heterocycles. The first-order valence-electron chi connectivity index (χ1n) is 7.64. The zero-order valence-corrected chi connectivity index (χ0v) is 12.9. The molecule has 0 spiro atoms. The number of piperidine rings is 1. The Bertz CT molecular complexity index is 412. The molecule has 2 heteroatoms. The lowest BCUT2D eigenvalue weighted by Gasteiger charge is -2.34. The fraction of sp³-hybridized carbons (Fsp3) is 0.647. The summed E-state index contributed by atoms with van der Waals surface area (Å²) in [6, 6.07) is 7.47. The SMILES string of the molecule is Cc1cc(CNC(C)C)ccc1N1CCCC(C)C1. The summed E-state index contributed by atoms with van der Waals surface area (Å²) in [5.74, 6) is 0.829. The Balaban J connectivity index is 2.06. The van der Waals surface area contributed by atoms with E-state index in [2.05, 4.69) is 56.1 Å². The molecule has 19 heavy (non-hydrogen) atoms. The first-order chi connectivity index (χ1) is 9.06. The molecule has 0 bridgehead atoms. The molecule has 1 N–H and O–H groups in total. The third kappa shape index (κ3) is 3.97. The Morgan fingerprint density at radius 2 is 2.16 bits per heavy atom. The van der Waals surface area contributed by atoms with Crippen molar-refractivity contribution in [3.8, 4) is 0 Å².